The minimum absolute atomic E-state index is 0.0181. The van der Waals surface area contributed by atoms with E-state index in [0.29, 0.717) is 0 Å². The Balaban J connectivity index is 0.000000102. The van der Waals surface area contributed by atoms with Crippen molar-refractivity contribution in [2.75, 3.05) is 0 Å². The van der Waals surface area contributed by atoms with Gasteiger partial charge in [0, 0.05) is 155 Å². The van der Waals surface area contributed by atoms with Gasteiger partial charge in [-0.15, -0.1) is 0 Å². The second-order valence-corrected chi connectivity index (χ2v) is 40.5. The van der Waals surface area contributed by atoms with Crippen LogP contribution in [-0.2, 0) is 5.41 Å². The monoisotopic (exact) mass is 1910 g/mol. The number of fused-ring (bicyclic) bond motifs is 30. The van der Waals surface area contributed by atoms with Crippen molar-refractivity contribution in [2.24, 2.45) is 0 Å². The standard InChI is InChI=1S/C51H34N2O.C48H30N2O.C42H26N2O/c1-51(2)43-15-7-3-11-35(43)40-29-33(22-24-44(40)51)52-45-16-8-4-12-36(45)41-27-31(19-25-47(41)52)32-20-26-48-42(28-32)37-13-5-9-17-46(37)53(48)34-21-23-39-38-14-6-10-18-49(38)54-50(39)30-34;1-2-10-31(11-3-1)32-18-22-35(23-19-32)49-43-15-7-4-12-37(43)39-25-20-34(29-46(39)49)33-21-27-45-42(28-33)38-13-5-8-16-44(38)50(45)36-24-26-41-40-14-6-9-17-47(40)51-48(41)30-36;1-2-10-29(11-3-1)43-37-15-7-4-12-31(37)33-21-18-28(25-40(33)43)27-19-23-39-36(24-27)32-13-5-8-16-38(32)44(39)30-20-22-35-34-14-6-9-17-41(34)45-42(35)26-30/h3-30H,1-2H3;1-30H;1-26H. The number of aromatic nitrogens is 6. The van der Waals surface area contributed by atoms with Crippen LogP contribution in [0.1, 0.15) is 25.0 Å². The Morgan fingerprint density at radius 1 is 0.133 bits per heavy atom. The molecule has 23 aromatic carbocycles. The molecule has 9 heteroatoms. The summed E-state index contributed by atoms with van der Waals surface area (Å²) >= 11 is 0. The number of benzene rings is 23. The first-order valence-electron chi connectivity index (χ1n) is 51.5. The third-order valence-corrected chi connectivity index (χ3v) is 32.0. The normalized spacial score (nSPS) is 12.5. The molecule has 0 saturated heterocycles. The first-order valence-corrected chi connectivity index (χ1v) is 51.5. The molecule has 32 aromatic rings. The molecule has 0 radical (unpaired) electrons. The number of para-hydroxylation sites is 10. The van der Waals surface area contributed by atoms with Gasteiger partial charge in [0.1, 0.15) is 33.5 Å². The van der Waals surface area contributed by atoms with Crippen molar-refractivity contribution >= 4 is 197 Å². The topological polar surface area (TPSA) is 69.0 Å². The zero-order valence-corrected chi connectivity index (χ0v) is 81.9. The summed E-state index contributed by atoms with van der Waals surface area (Å²) < 4.78 is 33.2. The van der Waals surface area contributed by atoms with Crippen molar-refractivity contribution in [3.8, 4) is 89.8 Å². The highest BCUT2D eigenvalue weighted by Gasteiger charge is 2.36. The van der Waals surface area contributed by atoms with Crippen LogP contribution >= 0.6 is 0 Å². The largest absolute Gasteiger partial charge is 0.456 e. The van der Waals surface area contributed by atoms with Crippen molar-refractivity contribution in [1.82, 2.24) is 27.4 Å². The molecule has 0 amide bonds. The van der Waals surface area contributed by atoms with Crippen LogP contribution in [0.5, 0.6) is 0 Å². The molecule has 1 aliphatic rings. The van der Waals surface area contributed by atoms with Gasteiger partial charge in [0.25, 0.3) is 0 Å². The van der Waals surface area contributed by atoms with Gasteiger partial charge in [-0.25, -0.2) is 0 Å². The molecule has 1 aliphatic carbocycles. The quantitative estimate of drug-likeness (QED) is 0.137. The predicted octanol–water partition coefficient (Wildman–Crippen LogP) is 38.3. The van der Waals surface area contributed by atoms with E-state index in [1.54, 1.807) is 0 Å². The predicted molar refractivity (Wildman–Crippen MR) is 627 cm³/mol. The minimum Gasteiger partial charge on any atom is -0.456 e. The molecule has 0 bridgehead atoms. The molecule has 9 aromatic heterocycles. The van der Waals surface area contributed by atoms with E-state index in [1.165, 1.54) is 209 Å². The van der Waals surface area contributed by atoms with Gasteiger partial charge in [-0.3, -0.25) is 0 Å². The zero-order chi connectivity index (χ0) is 98.7. The third-order valence-electron chi connectivity index (χ3n) is 32.0. The minimum atomic E-state index is -0.0181. The molecule has 9 nitrogen and oxygen atoms in total. The fourth-order valence-corrected chi connectivity index (χ4v) is 25.0. The Kier molecular flexibility index (Phi) is 18.7. The van der Waals surface area contributed by atoms with Gasteiger partial charge in [-0.2, -0.15) is 0 Å². The summed E-state index contributed by atoms with van der Waals surface area (Å²) in [5.74, 6) is 0. The lowest BCUT2D eigenvalue weighted by Crippen LogP contribution is -2.14. The lowest BCUT2D eigenvalue weighted by Gasteiger charge is -2.21. The molecule has 9 heterocycles. The van der Waals surface area contributed by atoms with Gasteiger partial charge in [0.15, 0.2) is 0 Å². The second kappa shape index (κ2) is 33.2. The van der Waals surface area contributed by atoms with E-state index in [0.717, 1.165) is 88.6 Å². The summed E-state index contributed by atoms with van der Waals surface area (Å²) in [4.78, 5) is 0. The highest BCUT2D eigenvalue weighted by molar-refractivity contribution is 6.19. The molecule has 0 N–H and O–H groups in total. The average molecular weight is 1920 g/mol. The first-order chi connectivity index (χ1) is 74.1. The maximum atomic E-state index is 6.31. The van der Waals surface area contributed by atoms with Gasteiger partial charge >= 0.3 is 0 Å². The van der Waals surface area contributed by atoms with Crippen LogP contribution in [0, 0.1) is 0 Å². The Morgan fingerprint density at radius 2 is 0.367 bits per heavy atom. The first kappa shape index (κ1) is 84.7. The van der Waals surface area contributed by atoms with Crippen LogP contribution in [-0.4, -0.2) is 27.4 Å². The summed E-state index contributed by atoms with van der Waals surface area (Å²) in [5.41, 5.74) is 41.6. The van der Waals surface area contributed by atoms with E-state index < -0.39 is 0 Å². The van der Waals surface area contributed by atoms with E-state index in [-0.39, 0.29) is 5.41 Å². The highest BCUT2D eigenvalue weighted by atomic mass is 16.3. The second-order valence-electron chi connectivity index (χ2n) is 40.5. The van der Waals surface area contributed by atoms with E-state index in [2.05, 4.69) is 514 Å². The van der Waals surface area contributed by atoms with Crippen LogP contribution in [0.3, 0.4) is 0 Å². The SMILES string of the molecule is CC1(C)c2ccccc2-c2cc(-n3c4ccccc4c4cc(-c5ccc6c(c5)c5ccccc5n6-c5ccc6c(c5)oc5ccccc56)ccc43)ccc21.c1ccc(-c2ccc(-n3c4ccccc4c4ccc(-c5ccc6c(c5)c5ccccc5n6-c5ccc6c(c5)oc5ccccc56)cc43)cc2)cc1.c1ccc(-n2c3ccccc3c3ccc(-c4ccc5c(c4)c4ccccc4n5-c4ccc5c(c4)oc4ccccc45)cc32)cc1. The van der Waals surface area contributed by atoms with Crippen molar-refractivity contribution in [3.05, 3.63) is 521 Å². The Labute approximate surface area is 860 Å². The van der Waals surface area contributed by atoms with Crippen LogP contribution in [0.25, 0.3) is 286 Å². The Hall–Kier alpha value is -19.7. The number of hydrogen-bond acceptors (Lipinski definition) is 3. The van der Waals surface area contributed by atoms with Gasteiger partial charge < -0.3 is 40.7 Å². The van der Waals surface area contributed by atoms with Gasteiger partial charge in [-0.05, 0) is 255 Å². The molecule has 0 aliphatic heterocycles. The summed E-state index contributed by atoms with van der Waals surface area (Å²) in [7, 11) is 0. The van der Waals surface area contributed by atoms with E-state index >= 15 is 0 Å². The van der Waals surface area contributed by atoms with Crippen LogP contribution < -0.4 is 0 Å². The number of rotatable bonds is 10. The molecular weight excluding hydrogens is 1830 g/mol. The highest BCUT2D eigenvalue weighted by Crippen LogP contribution is 2.52. The molecule has 33 rings (SSSR count). The molecular formula is C141H90N6O3. The van der Waals surface area contributed by atoms with Gasteiger partial charge in [0.2, 0.25) is 0 Å². The summed E-state index contributed by atoms with van der Waals surface area (Å²) in [5, 5.41) is 21.8. The smallest absolute Gasteiger partial charge is 0.137 e. The van der Waals surface area contributed by atoms with E-state index in [9.17, 15) is 0 Å². The number of hydrogen-bond donors (Lipinski definition) is 0. The molecule has 0 atom stereocenters. The molecule has 0 saturated carbocycles. The number of nitrogens with zero attached hydrogens (tertiary/aromatic N) is 6. The molecule has 150 heavy (non-hydrogen) atoms. The fraction of sp³-hybridized carbons (Fsp3) is 0.0213. The third kappa shape index (κ3) is 13.1. The molecule has 0 spiro atoms. The van der Waals surface area contributed by atoms with Crippen molar-refractivity contribution in [3.63, 3.8) is 0 Å². The van der Waals surface area contributed by atoms with Crippen molar-refractivity contribution in [2.45, 2.75) is 19.3 Å². The average Bonchev–Trinajstić information content (AvgIpc) is 1.60. The molecule has 0 fully saturated rings. The van der Waals surface area contributed by atoms with Crippen LogP contribution in [0.2, 0.25) is 0 Å². The molecule has 702 valence electrons. The van der Waals surface area contributed by atoms with Gasteiger partial charge in [0.05, 0.1) is 66.2 Å². The van der Waals surface area contributed by atoms with Crippen molar-refractivity contribution in [1.29, 1.82) is 0 Å². The van der Waals surface area contributed by atoms with Crippen LogP contribution in [0.15, 0.2) is 523 Å². The zero-order valence-electron chi connectivity index (χ0n) is 81.9. The van der Waals surface area contributed by atoms with E-state index in [1.807, 2.05) is 36.4 Å². The van der Waals surface area contributed by atoms with Gasteiger partial charge in [-0.1, -0.05) is 317 Å². The summed E-state index contributed by atoms with van der Waals surface area (Å²) in [6.45, 7) is 4.69. The maximum absolute atomic E-state index is 6.31. The number of furan rings is 3. The molecule has 0 unspecified atom stereocenters. The lowest BCUT2D eigenvalue weighted by atomic mass is 9.82. The van der Waals surface area contributed by atoms with Crippen molar-refractivity contribution < 1.29 is 13.3 Å². The Bertz CT molecular complexity index is 11300. The maximum Gasteiger partial charge on any atom is 0.137 e. The summed E-state index contributed by atoms with van der Waals surface area (Å²) in [6, 6.07) is 184. The summed E-state index contributed by atoms with van der Waals surface area (Å²) in [6.07, 6.45) is 0. The Morgan fingerprint density at radius 3 is 0.747 bits per heavy atom. The van der Waals surface area contributed by atoms with Crippen LogP contribution in [0.4, 0.5) is 0 Å². The van der Waals surface area contributed by atoms with E-state index in [4.69, 9.17) is 13.3 Å². The lowest BCUT2D eigenvalue weighted by molar-refractivity contribution is 0.660. The fourth-order valence-electron chi connectivity index (χ4n) is 25.0.